The van der Waals surface area contributed by atoms with Gasteiger partial charge in [-0.2, -0.15) is 0 Å². The standard InChI is InChI=1S/C12H12BrNO/c1-8-3-2-4-9(7-8)12(14)10-5-6-11(13)15-10/h2-7,12H,14H2,1H3. The van der Waals surface area contributed by atoms with E-state index >= 15 is 0 Å². The first-order valence-corrected chi connectivity index (χ1v) is 5.53. The molecule has 2 aromatic rings. The van der Waals surface area contributed by atoms with Gasteiger partial charge in [0.1, 0.15) is 5.76 Å². The zero-order valence-electron chi connectivity index (χ0n) is 8.41. The third-order valence-electron chi connectivity index (χ3n) is 2.30. The summed E-state index contributed by atoms with van der Waals surface area (Å²) in [7, 11) is 0. The summed E-state index contributed by atoms with van der Waals surface area (Å²) >= 11 is 3.27. The molecule has 78 valence electrons. The molecule has 15 heavy (non-hydrogen) atoms. The Labute approximate surface area is 97.2 Å². The van der Waals surface area contributed by atoms with Crippen LogP contribution >= 0.6 is 15.9 Å². The summed E-state index contributed by atoms with van der Waals surface area (Å²) in [6.45, 7) is 2.05. The highest BCUT2D eigenvalue weighted by Crippen LogP contribution is 2.24. The Morgan fingerprint density at radius 1 is 1.27 bits per heavy atom. The van der Waals surface area contributed by atoms with Crippen LogP contribution in [-0.4, -0.2) is 0 Å². The second-order valence-corrected chi connectivity index (χ2v) is 4.32. The minimum Gasteiger partial charge on any atom is -0.452 e. The second kappa shape index (κ2) is 4.21. The summed E-state index contributed by atoms with van der Waals surface area (Å²) in [5.41, 5.74) is 8.35. The van der Waals surface area contributed by atoms with Crippen LogP contribution in [0.15, 0.2) is 45.5 Å². The van der Waals surface area contributed by atoms with Crippen molar-refractivity contribution in [1.29, 1.82) is 0 Å². The molecule has 0 fully saturated rings. The largest absolute Gasteiger partial charge is 0.452 e. The summed E-state index contributed by atoms with van der Waals surface area (Å²) in [5, 5.41) is 0. The molecule has 0 bridgehead atoms. The van der Waals surface area contributed by atoms with Gasteiger partial charge < -0.3 is 10.2 Å². The van der Waals surface area contributed by atoms with Gasteiger partial charge in [-0.1, -0.05) is 29.8 Å². The number of hydrogen-bond acceptors (Lipinski definition) is 2. The number of aryl methyl sites for hydroxylation is 1. The maximum absolute atomic E-state index is 6.08. The lowest BCUT2D eigenvalue weighted by molar-refractivity contribution is 0.470. The van der Waals surface area contributed by atoms with Gasteiger partial charge in [0, 0.05) is 0 Å². The van der Waals surface area contributed by atoms with Crippen molar-refractivity contribution in [2.45, 2.75) is 13.0 Å². The summed E-state index contributed by atoms with van der Waals surface area (Å²) < 4.78 is 6.14. The molecule has 0 aliphatic carbocycles. The van der Waals surface area contributed by atoms with E-state index in [0.29, 0.717) is 4.67 Å². The van der Waals surface area contributed by atoms with E-state index in [1.807, 2.05) is 37.3 Å². The van der Waals surface area contributed by atoms with Gasteiger partial charge in [-0.15, -0.1) is 0 Å². The molecular weight excluding hydrogens is 254 g/mol. The van der Waals surface area contributed by atoms with Gasteiger partial charge in [0.15, 0.2) is 4.67 Å². The summed E-state index contributed by atoms with van der Waals surface area (Å²) in [4.78, 5) is 0. The van der Waals surface area contributed by atoms with Crippen LogP contribution < -0.4 is 5.73 Å². The SMILES string of the molecule is Cc1cccc(C(N)c2ccc(Br)o2)c1. The average molecular weight is 266 g/mol. The lowest BCUT2D eigenvalue weighted by Crippen LogP contribution is -2.10. The van der Waals surface area contributed by atoms with Crippen LogP contribution in [0.3, 0.4) is 0 Å². The quantitative estimate of drug-likeness (QED) is 0.904. The first-order chi connectivity index (χ1) is 7.16. The Bertz CT molecular complexity index is 464. The van der Waals surface area contributed by atoms with Crippen molar-refractivity contribution in [2.75, 3.05) is 0 Å². The van der Waals surface area contributed by atoms with E-state index in [9.17, 15) is 0 Å². The van der Waals surface area contributed by atoms with Gasteiger partial charge >= 0.3 is 0 Å². The fraction of sp³-hybridized carbons (Fsp3) is 0.167. The molecule has 0 spiro atoms. The van der Waals surface area contributed by atoms with Crippen LogP contribution in [0.1, 0.15) is 22.9 Å². The minimum atomic E-state index is -0.198. The van der Waals surface area contributed by atoms with E-state index in [-0.39, 0.29) is 6.04 Å². The van der Waals surface area contributed by atoms with Crippen molar-refractivity contribution in [3.8, 4) is 0 Å². The van der Waals surface area contributed by atoms with Crippen LogP contribution in [-0.2, 0) is 0 Å². The molecule has 1 unspecified atom stereocenters. The van der Waals surface area contributed by atoms with E-state index in [1.165, 1.54) is 5.56 Å². The summed E-state index contributed by atoms with van der Waals surface area (Å²) in [6.07, 6.45) is 0. The topological polar surface area (TPSA) is 39.2 Å². The molecule has 1 atom stereocenters. The van der Waals surface area contributed by atoms with Crippen molar-refractivity contribution in [1.82, 2.24) is 0 Å². The van der Waals surface area contributed by atoms with E-state index < -0.39 is 0 Å². The summed E-state index contributed by atoms with van der Waals surface area (Å²) in [6, 6.07) is 11.7. The third-order valence-corrected chi connectivity index (χ3v) is 2.73. The maximum Gasteiger partial charge on any atom is 0.169 e. The molecule has 0 aliphatic heterocycles. The molecule has 2 N–H and O–H groups in total. The van der Waals surface area contributed by atoms with Crippen LogP contribution in [0, 0.1) is 6.92 Å². The predicted molar refractivity (Wildman–Crippen MR) is 63.6 cm³/mol. The lowest BCUT2D eigenvalue weighted by Gasteiger charge is -2.09. The first kappa shape index (κ1) is 10.5. The number of halogens is 1. The second-order valence-electron chi connectivity index (χ2n) is 3.53. The zero-order valence-corrected chi connectivity index (χ0v) is 9.99. The van der Waals surface area contributed by atoms with E-state index in [0.717, 1.165) is 11.3 Å². The highest BCUT2D eigenvalue weighted by atomic mass is 79.9. The molecule has 1 aromatic carbocycles. The van der Waals surface area contributed by atoms with Gasteiger partial charge in [-0.25, -0.2) is 0 Å². The molecule has 2 rings (SSSR count). The van der Waals surface area contributed by atoms with Gasteiger partial charge in [0.2, 0.25) is 0 Å². The molecule has 0 amide bonds. The molecule has 0 saturated heterocycles. The molecule has 0 radical (unpaired) electrons. The van der Waals surface area contributed by atoms with Crippen molar-refractivity contribution in [2.24, 2.45) is 5.73 Å². The number of benzene rings is 1. The smallest absolute Gasteiger partial charge is 0.169 e. The molecule has 1 aromatic heterocycles. The maximum atomic E-state index is 6.08. The first-order valence-electron chi connectivity index (χ1n) is 4.74. The fourth-order valence-corrected chi connectivity index (χ4v) is 1.84. The van der Waals surface area contributed by atoms with Crippen molar-refractivity contribution in [3.63, 3.8) is 0 Å². The molecule has 2 nitrogen and oxygen atoms in total. The normalized spacial score (nSPS) is 12.7. The zero-order chi connectivity index (χ0) is 10.8. The molecule has 0 aliphatic rings. The number of nitrogens with two attached hydrogens (primary N) is 1. The van der Waals surface area contributed by atoms with Crippen molar-refractivity contribution in [3.05, 3.63) is 58.0 Å². The van der Waals surface area contributed by atoms with Crippen molar-refractivity contribution >= 4 is 15.9 Å². The van der Waals surface area contributed by atoms with Crippen LogP contribution in [0.5, 0.6) is 0 Å². The highest BCUT2D eigenvalue weighted by Gasteiger charge is 2.12. The number of rotatable bonds is 2. The molecule has 3 heteroatoms. The molecule has 0 saturated carbocycles. The van der Waals surface area contributed by atoms with Gasteiger partial charge in [0.25, 0.3) is 0 Å². The van der Waals surface area contributed by atoms with Gasteiger partial charge in [0.05, 0.1) is 6.04 Å². The van der Waals surface area contributed by atoms with Gasteiger partial charge in [-0.05, 0) is 40.5 Å². The van der Waals surface area contributed by atoms with E-state index in [2.05, 4.69) is 22.0 Å². The average Bonchev–Trinajstić information content (AvgIpc) is 2.64. The monoisotopic (exact) mass is 265 g/mol. The lowest BCUT2D eigenvalue weighted by atomic mass is 10.0. The Morgan fingerprint density at radius 2 is 2.07 bits per heavy atom. The third kappa shape index (κ3) is 2.30. The van der Waals surface area contributed by atoms with Gasteiger partial charge in [-0.3, -0.25) is 0 Å². The summed E-state index contributed by atoms with van der Waals surface area (Å²) in [5.74, 6) is 0.771. The van der Waals surface area contributed by atoms with Crippen LogP contribution in [0.25, 0.3) is 0 Å². The predicted octanol–water partition coefficient (Wildman–Crippen LogP) is 3.40. The fourth-order valence-electron chi connectivity index (χ4n) is 1.52. The molecule has 1 heterocycles. The number of furan rings is 1. The Hall–Kier alpha value is -1.06. The van der Waals surface area contributed by atoms with E-state index in [4.69, 9.17) is 10.2 Å². The Morgan fingerprint density at radius 3 is 2.67 bits per heavy atom. The number of hydrogen-bond donors (Lipinski definition) is 1. The Kier molecular flexibility index (Phi) is 2.93. The molecular formula is C12H12BrNO. The van der Waals surface area contributed by atoms with Crippen molar-refractivity contribution < 1.29 is 4.42 Å². The minimum absolute atomic E-state index is 0.198. The van der Waals surface area contributed by atoms with E-state index in [1.54, 1.807) is 0 Å². The Balaban J connectivity index is 2.32. The highest BCUT2D eigenvalue weighted by molar-refractivity contribution is 9.10. The van der Waals surface area contributed by atoms with Crippen LogP contribution in [0.2, 0.25) is 0 Å². The van der Waals surface area contributed by atoms with Crippen LogP contribution in [0.4, 0.5) is 0 Å².